The van der Waals surface area contributed by atoms with E-state index in [0.717, 1.165) is 21.4 Å². The highest BCUT2D eigenvalue weighted by molar-refractivity contribution is 9.10. The summed E-state index contributed by atoms with van der Waals surface area (Å²) in [6.07, 6.45) is 0. The number of halogens is 1. The van der Waals surface area contributed by atoms with Crippen LogP contribution in [0.5, 0.6) is 0 Å². The number of hydrogen-bond acceptors (Lipinski definition) is 7. The van der Waals surface area contributed by atoms with E-state index in [4.69, 9.17) is 5.73 Å². The van der Waals surface area contributed by atoms with Crippen molar-refractivity contribution in [2.75, 3.05) is 16.4 Å². The Hall–Kier alpha value is -2.65. The van der Waals surface area contributed by atoms with Crippen molar-refractivity contribution in [3.63, 3.8) is 0 Å². The van der Waals surface area contributed by atoms with Crippen LogP contribution in [-0.2, 0) is 10.5 Å². The number of nitrogen functional groups attached to an aromatic ring is 1. The summed E-state index contributed by atoms with van der Waals surface area (Å²) in [5, 5.41) is 5.78. The van der Waals surface area contributed by atoms with Crippen molar-refractivity contribution in [2.45, 2.75) is 24.9 Å². The number of nitrogens with one attached hydrogen (secondary N) is 2. The van der Waals surface area contributed by atoms with Gasteiger partial charge < -0.3 is 16.4 Å². The number of carbonyl (C=O) groups is 1. The molecule has 1 heterocycles. The zero-order chi connectivity index (χ0) is 20.8. The van der Waals surface area contributed by atoms with E-state index in [-0.39, 0.29) is 17.1 Å². The third-order valence-corrected chi connectivity index (χ3v) is 5.65. The zero-order valence-electron chi connectivity index (χ0n) is 16.0. The summed E-state index contributed by atoms with van der Waals surface area (Å²) in [4.78, 5) is 25.2. The van der Waals surface area contributed by atoms with Gasteiger partial charge in [0.05, 0.1) is 11.0 Å². The summed E-state index contributed by atoms with van der Waals surface area (Å²) >= 11 is 4.82. The molecule has 0 saturated heterocycles. The van der Waals surface area contributed by atoms with Crippen molar-refractivity contribution >= 4 is 56.9 Å². The summed E-state index contributed by atoms with van der Waals surface area (Å²) in [5.74, 6) is 1.38. The van der Waals surface area contributed by atoms with Crippen LogP contribution in [0.3, 0.4) is 0 Å². The van der Waals surface area contributed by atoms with Crippen LogP contribution in [-0.4, -0.2) is 26.1 Å². The van der Waals surface area contributed by atoms with Crippen LogP contribution in [0.25, 0.3) is 0 Å². The Morgan fingerprint density at radius 3 is 2.72 bits per heavy atom. The lowest BCUT2D eigenvalue weighted by Gasteiger charge is -2.13. The first kappa shape index (κ1) is 21.1. The average Bonchev–Trinajstić information content (AvgIpc) is 2.67. The highest BCUT2D eigenvalue weighted by Gasteiger charge is 2.15. The highest BCUT2D eigenvalue weighted by atomic mass is 79.9. The fraction of sp³-hybridized carbons (Fsp3) is 0.200. The van der Waals surface area contributed by atoms with Crippen LogP contribution in [0.1, 0.15) is 18.3 Å². The Kier molecular flexibility index (Phi) is 7.05. The van der Waals surface area contributed by atoms with Crippen LogP contribution >= 0.6 is 27.7 Å². The lowest BCUT2D eigenvalue weighted by molar-refractivity contribution is -0.115. The molecule has 0 spiro atoms. The maximum absolute atomic E-state index is 12.4. The fourth-order valence-electron chi connectivity index (χ4n) is 2.48. The van der Waals surface area contributed by atoms with E-state index < -0.39 is 0 Å². The standard InChI is InChI=1S/C20H21BrN6OS/c1-12-6-3-4-9-16(12)24-20-26-17(25-19(22)27-20)11-29-13(2)18(28)23-15-8-5-7-14(21)10-15/h3-10,13H,11H2,1-2H3,(H,23,28)(H3,22,24,25,26,27). The zero-order valence-corrected chi connectivity index (χ0v) is 18.4. The molecule has 0 bridgehead atoms. The SMILES string of the molecule is Cc1ccccc1Nc1nc(N)nc(CSC(C)C(=O)Nc2cccc(Br)c2)n1. The molecule has 0 aliphatic heterocycles. The summed E-state index contributed by atoms with van der Waals surface area (Å²) in [6, 6.07) is 15.3. The minimum absolute atomic E-state index is 0.0895. The molecule has 0 aliphatic rings. The second kappa shape index (κ2) is 9.71. The maximum Gasteiger partial charge on any atom is 0.237 e. The van der Waals surface area contributed by atoms with Gasteiger partial charge in [-0.2, -0.15) is 15.0 Å². The van der Waals surface area contributed by atoms with Gasteiger partial charge in [-0.25, -0.2) is 0 Å². The Morgan fingerprint density at radius 1 is 1.17 bits per heavy atom. The van der Waals surface area contributed by atoms with E-state index in [1.54, 1.807) is 0 Å². The van der Waals surface area contributed by atoms with Gasteiger partial charge in [-0.1, -0.05) is 40.2 Å². The number of benzene rings is 2. The van der Waals surface area contributed by atoms with Gasteiger partial charge in [0.2, 0.25) is 17.8 Å². The second-order valence-corrected chi connectivity index (χ2v) is 8.57. The highest BCUT2D eigenvalue weighted by Crippen LogP contribution is 2.22. The third kappa shape index (κ3) is 6.16. The first-order chi connectivity index (χ1) is 13.9. The number of hydrogen-bond donors (Lipinski definition) is 3. The van der Waals surface area contributed by atoms with E-state index in [1.165, 1.54) is 11.8 Å². The summed E-state index contributed by atoms with van der Waals surface area (Å²) in [5.41, 5.74) is 8.55. The molecule has 0 saturated carbocycles. The van der Waals surface area contributed by atoms with Crippen molar-refractivity contribution < 1.29 is 4.79 Å². The minimum Gasteiger partial charge on any atom is -0.368 e. The van der Waals surface area contributed by atoms with Gasteiger partial charge in [-0.3, -0.25) is 4.79 Å². The van der Waals surface area contributed by atoms with Gasteiger partial charge in [0.1, 0.15) is 5.82 Å². The largest absolute Gasteiger partial charge is 0.368 e. The number of aromatic nitrogens is 3. The molecular weight excluding hydrogens is 452 g/mol. The smallest absolute Gasteiger partial charge is 0.237 e. The van der Waals surface area contributed by atoms with Gasteiger partial charge >= 0.3 is 0 Å². The summed E-state index contributed by atoms with van der Waals surface area (Å²) < 4.78 is 0.907. The molecule has 150 valence electrons. The molecule has 9 heteroatoms. The second-order valence-electron chi connectivity index (χ2n) is 6.33. The molecule has 1 amide bonds. The Morgan fingerprint density at radius 2 is 1.97 bits per heavy atom. The van der Waals surface area contributed by atoms with E-state index in [9.17, 15) is 4.79 Å². The third-order valence-electron chi connectivity index (χ3n) is 4.01. The molecule has 1 atom stereocenters. The first-order valence-electron chi connectivity index (χ1n) is 8.92. The predicted molar refractivity (Wildman–Crippen MR) is 122 cm³/mol. The van der Waals surface area contributed by atoms with Crippen molar-refractivity contribution in [1.29, 1.82) is 0 Å². The Bertz CT molecular complexity index is 1020. The number of thioether (sulfide) groups is 1. The minimum atomic E-state index is -0.292. The molecule has 0 aliphatic carbocycles. The molecule has 4 N–H and O–H groups in total. The Balaban J connectivity index is 1.62. The number of rotatable bonds is 7. The van der Waals surface area contributed by atoms with Crippen LogP contribution < -0.4 is 16.4 Å². The maximum atomic E-state index is 12.4. The number of para-hydroxylation sites is 1. The van der Waals surface area contributed by atoms with Crippen LogP contribution in [0.15, 0.2) is 53.0 Å². The van der Waals surface area contributed by atoms with Gasteiger partial charge in [-0.15, -0.1) is 11.8 Å². The van der Waals surface area contributed by atoms with Crippen molar-refractivity contribution in [1.82, 2.24) is 15.0 Å². The van der Waals surface area contributed by atoms with Gasteiger partial charge in [0.25, 0.3) is 0 Å². The van der Waals surface area contributed by atoms with Crippen LogP contribution in [0.4, 0.5) is 23.3 Å². The molecular formula is C20H21BrN6OS. The molecule has 3 aromatic rings. The van der Waals surface area contributed by atoms with Gasteiger partial charge in [0, 0.05) is 15.8 Å². The topological polar surface area (TPSA) is 106 Å². The van der Waals surface area contributed by atoms with Crippen molar-refractivity contribution in [3.8, 4) is 0 Å². The lowest BCUT2D eigenvalue weighted by atomic mass is 10.2. The van der Waals surface area contributed by atoms with E-state index >= 15 is 0 Å². The van der Waals surface area contributed by atoms with Crippen molar-refractivity contribution in [3.05, 3.63) is 64.4 Å². The molecule has 0 radical (unpaired) electrons. The molecule has 0 fully saturated rings. The van der Waals surface area contributed by atoms with Crippen LogP contribution in [0.2, 0.25) is 0 Å². The number of carbonyl (C=O) groups excluding carboxylic acids is 1. The molecule has 3 rings (SSSR count). The number of nitrogens with two attached hydrogens (primary N) is 1. The fourth-order valence-corrected chi connectivity index (χ4v) is 3.62. The molecule has 2 aromatic carbocycles. The molecule has 1 aromatic heterocycles. The van der Waals surface area contributed by atoms with E-state index in [2.05, 4.69) is 41.5 Å². The quantitative estimate of drug-likeness (QED) is 0.463. The average molecular weight is 473 g/mol. The summed E-state index contributed by atoms with van der Waals surface area (Å²) in [6.45, 7) is 3.84. The number of aryl methyl sites for hydroxylation is 1. The monoisotopic (exact) mass is 472 g/mol. The number of anilines is 4. The molecule has 29 heavy (non-hydrogen) atoms. The number of nitrogens with zero attached hydrogens (tertiary/aromatic N) is 3. The van der Waals surface area contributed by atoms with Crippen molar-refractivity contribution in [2.24, 2.45) is 0 Å². The van der Waals surface area contributed by atoms with Crippen LogP contribution in [0, 0.1) is 6.92 Å². The van der Waals surface area contributed by atoms with Gasteiger partial charge in [0.15, 0.2) is 0 Å². The van der Waals surface area contributed by atoms with E-state index in [0.29, 0.717) is 17.5 Å². The molecule has 7 nitrogen and oxygen atoms in total. The predicted octanol–water partition coefficient (Wildman–Crippen LogP) is 4.53. The van der Waals surface area contributed by atoms with Gasteiger partial charge in [-0.05, 0) is 43.7 Å². The van der Waals surface area contributed by atoms with E-state index in [1.807, 2.05) is 62.4 Å². The normalized spacial score (nSPS) is 11.7. The first-order valence-corrected chi connectivity index (χ1v) is 10.8. The lowest BCUT2D eigenvalue weighted by Crippen LogP contribution is -2.22. The number of amides is 1. The summed E-state index contributed by atoms with van der Waals surface area (Å²) in [7, 11) is 0. The Labute approximate surface area is 182 Å². The molecule has 1 unspecified atom stereocenters.